The number of methoxy groups -OCH3 is 1. The number of benzene rings is 2. The summed E-state index contributed by atoms with van der Waals surface area (Å²) < 4.78 is 5.23. The standard InChI is InChI=1S/C24H24N6O2/c1-32-18-8-6-16(7-9-18)21-14-22(26-15-25-21)30-12-10-17(11-13-30)23(31)29-24-27-19-4-2-3-5-20(19)28-24/h2-9,14-15,17H,10-13H2,1H3,(H2,27,28,29,31). The van der Waals surface area contributed by atoms with Crippen molar-refractivity contribution in [2.24, 2.45) is 5.92 Å². The Morgan fingerprint density at radius 1 is 1.09 bits per heavy atom. The molecule has 1 aliphatic rings. The average Bonchev–Trinajstić information content (AvgIpc) is 3.26. The van der Waals surface area contributed by atoms with Gasteiger partial charge in [-0.15, -0.1) is 0 Å². The van der Waals surface area contributed by atoms with Crippen LogP contribution in [-0.4, -0.2) is 46.0 Å². The molecule has 5 rings (SSSR count). The smallest absolute Gasteiger partial charge is 0.229 e. The molecule has 2 N–H and O–H groups in total. The zero-order chi connectivity index (χ0) is 21.9. The Balaban J connectivity index is 1.22. The number of hydrogen-bond acceptors (Lipinski definition) is 6. The molecule has 2 aromatic heterocycles. The van der Waals surface area contributed by atoms with Gasteiger partial charge < -0.3 is 14.6 Å². The van der Waals surface area contributed by atoms with Crippen molar-refractivity contribution in [1.29, 1.82) is 0 Å². The molecule has 0 unspecified atom stereocenters. The van der Waals surface area contributed by atoms with E-state index in [2.05, 4.69) is 30.2 Å². The Hall–Kier alpha value is -3.94. The van der Waals surface area contributed by atoms with Gasteiger partial charge in [0.05, 0.1) is 23.8 Å². The van der Waals surface area contributed by atoms with Crippen LogP contribution in [0.15, 0.2) is 60.9 Å². The molecule has 1 fully saturated rings. The molecule has 0 bridgehead atoms. The van der Waals surface area contributed by atoms with Crippen LogP contribution in [0.3, 0.4) is 0 Å². The molecule has 32 heavy (non-hydrogen) atoms. The third-order valence-corrected chi connectivity index (χ3v) is 5.86. The second kappa shape index (κ2) is 8.66. The summed E-state index contributed by atoms with van der Waals surface area (Å²) in [6, 6.07) is 17.5. The number of imidazole rings is 1. The number of ether oxygens (including phenoxy) is 1. The van der Waals surface area contributed by atoms with Crippen molar-refractivity contribution in [3.05, 3.63) is 60.9 Å². The fraction of sp³-hybridized carbons (Fsp3) is 0.250. The monoisotopic (exact) mass is 428 g/mol. The number of H-pyrrole nitrogens is 1. The number of carbonyl (C=O) groups is 1. The fourth-order valence-corrected chi connectivity index (χ4v) is 4.04. The van der Waals surface area contributed by atoms with Crippen molar-refractivity contribution in [2.45, 2.75) is 12.8 Å². The van der Waals surface area contributed by atoms with E-state index < -0.39 is 0 Å². The predicted octanol–water partition coefficient (Wildman–Crippen LogP) is 3.88. The molecule has 0 saturated carbocycles. The lowest BCUT2D eigenvalue weighted by Gasteiger charge is -2.32. The van der Waals surface area contributed by atoms with Gasteiger partial charge in [0.25, 0.3) is 0 Å². The number of carbonyl (C=O) groups excluding carboxylic acids is 1. The van der Waals surface area contributed by atoms with Crippen molar-refractivity contribution >= 4 is 28.7 Å². The summed E-state index contributed by atoms with van der Waals surface area (Å²) in [5.74, 6) is 2.14. The maximum absolute atomic E-state index is 12.8. The number of hydrogen-bond donors (Lipinski definition) is 2. The van der Waals surface area contributed by atoms with Crippen LogP contribution in [-0.2, 0) is 4.79 Å². The summed E-state index contributed by atoms with van der Waals surface area (Å²) in [6.07, 6.45) is 3.11. The Labute approximate surface area is 185 Å². The van der Waals surface area contributed by atoms with Gasteiger partial charge in [0, 0.05) is 30.6 Å². The molecule has 8 nitrogen and oxygen atoms in total. The Kier molecular flexibility index (Phi) is 5.41. The zero-order valence-electron chi connectivity index (χ0n) is 17.8. The first-order valence-electron chi connectivity index (χ1n) is 10.7. The lowest BCUT2D eigenvalue weighted by molar-refractivity contribution is -0.120. The zero-order valence-corrected chi connectivity index (χ0v) is 17.8. The quantitative estimate of drug-likeness (QED) is 0.501. The van der Waals surface area contributed by atoms with Crippen molar-refractivity contribution in [2.75, 3.05) is 30.4 Å². The van der Waals surface area contributed by atoms with E-state index in [1.807, 2.05) is 54.6 Å². The molecule has 0 atom stereocenters. The number of nitrogens with zero attached hydrogens (tertiary/aromatic N) is 4. The summed E-state index contributed by atoms with van der Waals surface area (Å²) in [5.41, 5.74) is 3.63. The van der Waals surface area contributed by atoms with Gasteiger partial charge in [0.2, 0.25) is 11.9 Å². The third kappa shape index (κ3) is 4.12. The van der Waals surface area contributed by atoms with Crippen LogP contribution in [0.1, 0.15) is 12.8 Å². The number of anilines is 2. The minimum Gasteiger partial charge on any atom is -0.497 e. The Morgan fingerprint density at radius 3 is 2.62 bits per heavy atom. The van der Waals surface area contributed by atoms with E-state index in [1.54, 1.807) is 13.4 Å². The van der Waals surface area contributed by atoms with Crippen LogP contribution in [0.2, 0.25) is 0 Å². The summed E-state index contributed by atoms with van der Waals surface area (Å²) in [6.45, 7) is 1.52. The topological polar surface area (TPSA) is 96.0 Å². The number of nitrogens with one attached hydrogen (secondary N) is 2. The van der Waals surface area contributed by atoms with Crippen LogP contribution in [0.5, 0.6) is 5.75 Å². The third-order valence-electron chi connectivity index (χ3n) is 5.86. The molecule has 1 saturated heterocycles. The second-order valence-corrected chi connectivity index (χ2v) is 7.84. The average molecular weight is 428 g/mol. The van der Waals surface area contributed by atoms with Crippen LogP contribution in [0.25, 0.3) is 22.3 Å². The van der Waals surface area contributed by atoms with E-state index in [0.29, 0.717) is 5.95 Å². The normalized spacial score (nSPS) is 14.5. The maximum atomic E-state index is 12.8. The molecule has 2 aromatic carbocycles. The van der Waals surface area contributed by atoms with Crippen molar-refractivity contribution in [3.63, 3.8) is 0 Å². The number of fused-ring (bicyclic) bond motifs is 1. The molecule has 8 heteroatoms. The first-order valence-corrected chi connectivity index (χ1v) is 10.7. The molecular formula is C24H24N6O2. The minimum absolute atomic E-state index is 0.00492. The van der Waals surface area contributed by atoms with E-state index in [0.717, 1.165) is 59.8 Å². The van der Waals surface area contributed by atoms with Gasteiger partial charge >= 0.3 is 0 Å². The molecule has 3 heterocycles. The van der Waals surface area contributed by atoms with Gasteiger partial charge in [0.1, 0.15) is 17.9 Å². The summed E-state index contributed by atoms with van der Waals surface area (Å²) >= 11 is 0. The number of piperidine rings is 1. The summed E-state index contributed by atoms with van der Waals surface area (Å²) in [4.78, 5) is 31.4. The molecule has 1 amide bonds. The second-order valence-electron chi connectivity index (χ2n) is 7.84. The molecule has 1 aliphatic heterocycles. The first-order chi connectivity index (χ1) is 15.7. The molecule has 4 aromatic rings. The highest BCUT2D eigenvalue weighted by Crippen LogP contribution is 2.27. The molecule has 0 radical (unpaired) electrons. The van der Waals surface area contributed by atoms with Gasteiger partial charge in [-0.2, -0.15) is 0 Å². The lowest BCUT2D eigenvalue weighted by atomic mass is 9.96. The highest BCUT2D eigenvalue weighted by atomic mass is 16.5. The molecule has 162 valence electrons. The number of aromatic amines is 1. The van der Waals surface area contributed by atoms with Gasteiger partial charge in [-0.25, -0.2) is 15.0 Å². The highest BCUT2D eigenvalue weighted by Gasteiger charge is 2.26. The lowest BCUT2D eigenvalue weighted by Crippen LogP contribution is -2.38. The Bertz CT molecular complexity index is 1200. The van der Waals surface area contributed by atoms with Crippen LogP contribution in [0, 0.1) is 5.92 Å². The minimum atomic E-state index is -0.0534. The Morgan fingerprint density at radius 2 is 1.88 bits per heavy atom. The maximum Gasteiger partial charge on any atom is 0.229 e. The van der Waals surface area contributed by atoms with Gasteiger partial charge in [0.15, 0.2) is 0 Å². The van der Waals surface area contributed by atoms with Crippen molar-refractivity contribution in [3.8, 4) is 17.0 Å². The van der Waals surface area contributed by atoms with Gasteiger partial charge in [-0.1, -0.05) is 12.1 Å². The fourth-order valence-electron chi connectivity index (χ4n) is 4.04. The molecular weight excluding hydrogens is 404 g/mol. The number of para-hydroxylation sites is 2. The number of rotatable bonds is 5. The van der Waals surface area contributed by atoms with Crippen LogP contribution >= 0.6 is 0 Å². The van der Waals surface area contributed by atoms with E-state index >= 15 is 0 Å². The van der Waals surface area contributed by atoms with Crippen molar-refractivity contribution in [1.82, 2.24) is 19.9 Å². The predicted molar refractivity (Wildman–Crippen MR) is 124 cm³/mol. The van der Waals surface area contributed by atoms with Crippen LogP contribution < -0.4 is 15.0 Å². The molecule has 0 spiro atoms. The van der Waals surface area contributed by atoms with Gasteiger partial charge in [-0.05, 0) is 49.2 Å². The van der Waals surface area contributed by atoms with Gasteiger partial charge in [-0.3, -0.25) is 10.1 Å². The van der Waals surface area contributed by atoms with Crippen molar-refractivity contribution < 1.29 is 9.53 Å². The first kappa shape index (κ1) is 20.0. The van der Waals surface area contributed by atoms with Crippen LogP contribution in [0.4, 0.5) is 11.8 Å². The highest BCUT2D eigenvalue weighted by molar-refractivity contribution is 5.92. The number of aromatic nitrogens is 4. The van der Waals surface area contributed by atoms with E-state index in [-0.39, 0.29) is 11.8 Å². The van der Waals surface area contributed by atoms with E-state index in [4.69, 9.17) is 4.74 Å². The molecule has 0 aliphatic carbocycles. The van der Waals surface area contributed by atoms with E-state index in [1.165, 1.54) is 0 Å². The van der Waals surface area contributed by atoms with E-state index in [9.17, 15) is 4.79 Å². The largest absolute Gasteiger partial charge is 0.497 e. The SMILES string of the molecule is COc1ccc(-c2cc(N3CCC(C(=O)Nc4nc5ccccc5[nH]4)CC3)ncn2)cc1. The summed E-state index contributed by atoms with van der Waals surface area (Å²) in [5, 5.41) is 2.94. The number of amides is 1. The summed E-state index contributed by atoms with van der Waals surface area (Å²) in [7, 11) is 1.65.